The van der Waals surface area contributed by atoms with Crippen LogP contribution in [0.25, 0.3) is 0 Å². The molecule has 3 heteroatoms. The van der Waals surface area contributed by atoms with Gasteiger partial charge in [0.1, 0.15) is 11.2 Å². The van der Waals surface area contributed by atoms with E-state index in [1.165, 1.54) is 0 Å². The van der Waals surface area contributed by atoms with Crippen molar-refractivity contribution >= 4 is 5.78 Å². The number of carbonyl (C=O) groups excluding carboxylic acids is 1. The number of carbonyl (C=O) groups is 1. The Morgan fingerprint density at radius 2 is 2.25 bits per heavy atom. The molecule has 82 valence electrons. The van der Waals surface area contributed by atoms with Crippen molar-refractivity contribution in [2.24, 2.45) is 5.41 Å². The van der Waals surface area contributed by atoms with Crippen molar-refractivity contribution in [1.29, 1.82) is 5.26 Å². The molecule has 3 nitrogen and oxygen atoms in total. The standard InChI is InChI=1S/C13H13NO2/c1-16-11-5-2-4-10(8-11)12(15)13(9-14)6-3-7-13/h2,4-5,8H,3,6-7H2,1H3. The van der Waals surface area contributed by atoms with Crippen LogP contribution in [0.4, 0.5) is 0 Å². The molecule has 2 rings (SSSR count). The van der Waals surface area contributed by atoms with Crippen LogP contribution in [0.5, 0.6) is 5.75 Å². The second-order valence-electron chi connectivity index (χ2n) is 4.11. The van der Waals surface area contributed by atoms with E-state index in [1.807, 2.05) is 0 Å². The third kappa shape index (κ3) is 1.57. The van der Waals surface area contributed by atoms with Gasteiger partial charge in [-0.1, -0.05) is 12.1 Å². The fourth-order valence-corrected chi connectivity index (χ4v) is 1.96. The van der Waals surface area contributed by atoms with E-state index in [0.29, 0.717) is 24.2 Å². The number of ether oxygens (including phenoxy) is 1. The minimum Gasteiger partial charge on any atom is -0.497 e. The Balaban J connectivity index is 2.30. The number of rotatable bonds is 3. The van der Waals surface area contributed by atoms with Crippen LogP contribution in [0.3, 0.4) is 0 Å². The minimum absolute atomic E-state index is 0.0693. The van der Waals surface area contributed by atoms with Crippen LogP contribution >= 0.6 is 0 Å². The number of nitrogens with zero attached hydrogens (tertiary/aromatic N) is 1. The second kappa shape index (κ2) is 3.97. The fraction of sp³-hybridized carbons (Fsp3) is 0.385. The lowest BCUT2D eigenvalue weighted by atomic mass is 9.65. The van der Waals surface area contributed by atoms with E-state index >= 15 is 0 Å². The highest BCUT2D eigenvalue weighted by Gasteiger charge is 2.44. The van der Waals surface area contributed by atoms with Gasteiger partial charge in [-0.3, -0.25) is 4.79 Å². The number of ketones is 1. The topological polar surface area (TPSA) is 50.1 Å². The molecule has 0 bridgehead atoms. The summed E-state index contributed by atoms with van der Waals surface area (Å²) in [6, 6.07) is 9.15. The van der Waals surface area contributed by atoms with Gasteiger partial charge < -0.3 is 4.74 Å². The summed E-state index contributed by atoms with van der Waals surface area (Å²) in [5.74, 6) is 0.582. The van der Waals surface area contributed by atoms with E-state index in [9.17, 15) is 4.79 Å². The zero-order chi connectivity index (χ0) is 11.6. The van der Waals surface area contributed by atoms with Gasteiger partial charge in [0.15, 0.2) is 5.78 Å². The van der Waals surface area contributed by atoms with Gasteiger partial charge in [-0.05, 0) is 31.4 Å². The van der Waals surface area contributed by atoms with E-state index in [4.69, 9.17) is 10.00 Å². The molecule has 0 saturated heterocycles. The molecule has 0 heterocycles. The number of hydrogen-bond acceptors (Lipinski definition) is 3. The van der Waals surface area contributed by atoms with Gasteiger partial charge >= 0.3 is 0 Å². The SMILES string of the molecule is COc1cccc(C(=O)C2(C#N)CCC2)c1. The Morgan fingerprint density at radius 1 is 1.50 bits per heavy atom. The Hall–Kier alpha value is -1.82. The molecule has 0 unspecified atom stereocenters. The second-order valence-corrected chi connectivity index (χ2v) is 4.11. The van der Waals surface area contributed by atoms with Crippen molar-refractivity contribution in [3.05, 3.63) is 29.8 Å². The summed E-state index contributed by atoms with van der Waals surface area (Å²) in [5.41, 5.74) is -0.201. The summed E-state index contributed by atoms with van der Waals surface area (Å²) in [5, 5.41) is 9.09. The van der Waals surface area contributed by atoms with Crippen molar-refractivity contribution in [3.63, 3.8) is 0 Å². The first-order chi connectivity index (χ1) is 7.72. The summed E-state index contributed by atoms with van der Waals surface area (Å²) in [4.78, 5) is 12.2. The maximum Gasteiger partial charge on any atom is 0.183 e. The molecule has 0 amide bonds. The molecule has 1 aliphatic carbocycles. The quantitative estimate of drug-likeness (QED) is 0.728. The van der Waals surface area contributed by atoms with Gasteiger partial charge in [-0.15, -0.1) is 0 Å². The molecule has 1 aromatic carbocycles. The summed E-state index contributed by atoms with van der Waals surface area (Å²) in [6.45, 7) is 0. The molecule has 16 heavy (non-hydrogen) atoms. The lowest BCUT2D eigenvalue weighted by Crippen LogP contribution is -2.36. The molecule has 0 radical (unpaired) electrons. The number of Topliss-reactive ketones (excluding diaryl/α,β-unsaturated/α-hetero) is 1. The fourth-order valence-electron chi connectivity index (χ4n) is 1.96. The number of nitriles is 1. The lowest BCUT2D eigenvalue weighted by molar-refractivity contribution is 0.0748. The first kappa shape index (κ1) is 10.7. The van der Waals surface area contributed by atoms with Crippen LogP contribution in [-0.4, -0.2) is 12.9 Å². The Bertz CT molecular complexity index is 455. The van der Waals surface area contributed by atoms with E-state index in [0.717, 1.165) is 6.42 Å². The number of benzene rings is 1. The summed E-state index contributed by atoms with van der Waals surface area (Å²) in [7, 11) is 1.56. The molecular formula is C13H13NO2. The Morgan fingerprint density at radius 3 is 2.75 bits per heavy atom. The summed E-state index contributed by atoms with van der Waals surface area (Å²) in [6.07, 6.45) is 2.32. The maximum absolute atomic E-state index is 12.2. The van der Waals surface area contributed by atoms with E-state index in [-0.39, 0.29) is 5.78 Å². The predicted octanol–water partition coefficient (Wildman–Crippen LogP) is 2.57. The van der Waals surface area contributed by atoms with Gasteiger partial charge in [0, 0.05) is 5.56 Å². The normalized spacial score (nSPS) is 17.0. The molecule has 0 atom stereocenters. The van der Waals surface area contributed by atoms with Crippen LogP contribution in [0, 0.1) is 16.7 Å². The lowest BCUT2D eigenvalue weighted by Gasteiger charge is -2.33. The third-order valence-electron chi connectivity index (χ3n) is 3.19. The predicted molar refractivity (Wildman–Crippen MR) is 59.2 cm³/mol. The van der Waals surface area contributed by atoms with Crippen LogP contribution in [0.2, 0.25) is 0 Å². The highest BCUT2D eigenvalue weighted by molar-refractivity contribution is 6.03. The van der Waals surface area contributed by atoms with Gasteiger partial charge in [0.2, 0.25) is 0 Å². The zero-order valence-corrected chi connectivity index (χ0v) is 9.19. The van der Waals surface area contributed by atoms with Gasteiger partial charge in [0.25, 0.3) is 0 Å². The molecule has 0 spiro atoms. The summed E-state index contributed by atoms with van der Waals surface area (Å²) >= 11 is 0. The highest BCUT2D eigenvalue weighted by atomic mass is 16.5. The monoisotopic (exact) mass is 215 g/mol. The maximum atomic E-state index is 12.2. The van der Waals surface area contributed by atoms with Crippen molar-refractivity contribution in [2.75, 3.05) is 7.11 Å². The molecule has 1 aliphatic rings. The van der Waals surface area contributed by atoms with Crippen LogP contribution in [0.15, 0.2) is 24.3 Å². The number of hydrogen-bond donors (Lipinski definition) is 0. The minimum atomic E-state index is -0.771. The first-order valence-electron chi connectivity index (χ1n) is 5.32. The van der Waals surface area contributed by atoms with Crippen LogP contribution < -0.4 is 4.74 Å². The average Bonchev–Trinajstić information content (AvgIpc) is 2.28. The van der Waals surface area contributed by atoms with Crippen LogP contribution in [0.1, 0.15) is 29.6 Å². The van der Waals surface area contributed by atoms with E-state index in [2.05, 4.69) is 6.07 Å². The van der Waals surface area contributed by atoms with Crippen molar-refractivity contribution in [2.45, 2.75) is 19.3 Å². The molecule has 1 fully saturated rings. The molecule has 0 aliphatic heterocycles. The molecular weight excluding hydrogens is 202 g/mol. The summed E-state index contributed by atoms with van der Waals surface area (Å²) < 4.78 is 5.07. The largest absolute Gasteiger partial charge is 0.497 e. The zero-order valence-electron chi connectivity index (χ0n) is 9.19. The highest BCUT2D eigenvalue weighted by Crippen LogP contribution is 2.43. The molecule has 0 N–H and O–H groups in total. The van der Waals surface area contributed by atoms with Crippen molar-refractivity contribution < 1.29 is 9.53 Å². The third-order valence-corrected chi connectivity index (χ3v) is 3.19. The van der Waals surface area contributed by atoms with Gasteiger partial charge in [-0.25, -0.2) is 0 Å². The van der Waals surface area contributed by atoms with Crippen molar-refractivity contribution in [3.8, 4) is 11.8 Å². The first-order valence-corrected chi connectivity index (χ1v) is 5.32. The molecule has 1 saturated carbocycles. The number of methoxy groups -OCH3 is 1. The van der Waals surface area contributed by atoms with E-state index < -0.39 is 5.41 Å². The average molecular weight is 215 g/mol. The van der Waals surface area contributed by atoms with E-state index in [1.54, 1.807) is 31.4 Å². The molecule has 1 aromatic rings. The van der Waals surface area contributed by atoms with Crippen LogP contribution in [-0.2, 0) is 0 Å². The van der Waals surface area contributed by atoms with Gasteiger partial charge in [-0.2, -0.15) is 5.26 Å². The Kier molecular flexibility index (Phi) is 2.66. The smallest absolute Gasteiger partial charge is 0.183 e. The Labute approximate surface area is 94.6 Å². The van der Waals surface area contributed by atoms with Gasteiger partial charge in [0.05, 0.1) is 13.2 Å². The van der Waals surface area contributed by atoms with Crippen molar-refractivity contribution in [1.82, 2.24) is 0 Å². The molecule has 0 aromatic heterocycles.